The zero-order valence-electron chi connectivity index (χ0n) is 12.8. The van der Waals surface area contributed by atoms with Gasteiger partial charge in [-0.1, -0.05) is 6.07 Å². The van der Waals surface area contributed by atoms with Crippen molar-refractivity contribution in [2.75, 3.05) is 7.05 Å². The lowest BCUT2D eigenvalue weighted by atomic mass is 10.1. The Morgan fingerprint density at radius 2 is 2.29 bits per heavy atom. The number of nitrogens with one attached hydrogen (secondary N) is 1. The third kappa shape index (κ3) is 2.78. The molecule has 21 heavy (non-hydrogen) atoms. The molecule has 0 radical (unpaired) electrons. The van der Waals surface area contributed by atoms with Gasteiger partial charge in [-0.05, 0) is 57.0 Å². The lowest BCUT2D eigenvalue weighted by Gasteiger charge is -2.12. The first-order valence-corrected chi connectivity index (χ1v) is 7.50. The van der Waals surface area contributed by atoms with Crippen molar-refractivity contribution in [3.63, 3.8) is 0 Å². The van der Waals surface area contributed by atoms with Gasteiger partial charge in [0.15, 0.2) is 5.82 Å². The van der Waals surface area contributed by atoms with Gasteiger partial charge >= 0.3 is 0 Å². The summed E-state index contributed by atoms with van der Waals surface area (Å²) in [6.45, 7) is 4.63. The maximum Gasteiger partial charge on any atom is 0.165 e. The third-order valence-corrected chi connectivity index (χ3v) is 4.04. The Kier molecular flexibility index (Phi) is 3.92. The van der Waals surface area contributed by atoms with Gasteiger partial charge in [0, 0.05) is 12.1 Å². The van der Waals surface area contributed by atoms with E-state index in [9.17, 15) is 0 Å². The predicted molar refractivity (Wildman–Crippen MR) is 81.3 cm³/mol. The molecule has 0 spiro atoms. The number of aryl methyl sites for hydroxylation is 1. The third-order valence-electron chi connectivity index (χ3n) is 4.04. The minimum Gasteiger partial charge on any atom is -0.486 e. The molecule has 0 amide bonds. The summed E-state index contributed by atoms with van der Waals surface area (Å²) >= 11 is 0. The average Bonchev–Trinajstić information content (AvgIpc) is 3.11. The van der Waals surface area contributed by atoms with Crippen LogP contribution in [0.5, 0.6) is 5.75 Å². The van der Waals surface area contributed by atoms with Crippen molar-refractivity contribution in [3.8, 4) is 5.75 Å². The second-order valence-electron chi connectivity index (χ2n) is 5.74. The van der Waals surface area contributed by atoms with Gasteiger partial charge < -0.3 is 10.1 Å². The largest absolute Gasteiger partial charge is 0.486 e. The second-order valence-corrected chi connectivity index (χ2v) is 5.74. The molecule has 1 aromatic carbocycles. The van der Waals surface area contributed by atoms with Crippen LogP contribution in [0, 0.1) is 0 Å². The fourth-order valence-corrected chi connectivity index (χ4v) is 2.94. The Hall–Kier alpha value is -1.88. The summed E-state index contributed by atoms with van der Waals surface area (Å²) in [5.41, 5.74) is 2.78. The van der Waals surface area contributed by atoms with Crippen LogP contribution in [0.4, 0.5) is 0 Å². The monoisotopic (exact) mass is 286 g/mol. The number of hydrogen-bond acceptors (Lipinski definition) is 4. The molecule has 0 bridgehead atoms. The molecule has 1 aromatic heterocycles. The van der Waals surface area contributed by atoms with E-state index < -0.39 is 0 Å². The molecule has 5 heteroatoms. The van der Waals surface area contributed by atoms with Gasteiger partial charge in [-0.3, -0.25) is 0 Å². The lowest BCUT2D eigenvalue weighted by molar-refractivity contribution is 0.282. The minimum atomic E-state index is 0.294. The maximum absolute atomic E-state index is 5.89. The van der Waals surface area contributed by atoms with Crippen LogP contribution in [0.15, 0.2) is 24.5 Å². The van der Waals surface area contributed by atoms with Crippen LogP contribution >= 0.6 is 0 Å². The molecule has 0 aliphatic heterocycles. The van der Waals surface area contributed by atoms with E-state index in [1.807, 2.05) is 17.8 Å². The van der Waals surface area contributed by atoms with Crippen molar-refractivity contribution in [1.82, 2.24) is 20.1 Å². The highest BCUT2D eigenvalue weighted by atomic mass is 16.5. The zero-order chi connectivity index (χ0) is 14.8. The van der Waals surface area contributed by atoms with E-state index >= 15 is 0 Å². The molecule has 0 saturated heterocycles. The highest BCUT2D eigenvalue weighted by Gasteiger charge is 2.21. The number of nitrogens with zero attached hydrogens (tertiary/aromatic N) is 3. The van der Waals surface area contributed by atoms with Crippen LogP contribution in [-0.2, 0) is 13.0 Å². The molecule has 1 aliphatic carbocycles. The van der Waals surface area contributed by atoms with Crippen LogP contribution in [0.3, 0.4) is 0 Å². The standard InChI is InChI=1S/C16H22N4O/c1-11(2)20-16(18-10-19-20)9-21-13-5-6-14-12(8-13)4-7-15(14)17-3/h5-6,8,10-11,15,17H,4,7,9H2,1-3H3. The number of rotatable bonds is 5. The summed E-state index contributed by atoms with van der Waals surface area (Å²) in [5, 5.41) is 7.58. The summed E-state index contributed by atoms with van der Waals surface area (Å²) < 4.78 is 7.78. The number of fused-ring (bicyclic) bond motifs is 1. The van der Waals surface area contributed by atoms with Crippen molar-refractivity contribution in [2.45, 2.75) is 45.4 Å². The van der Waals surface area contributed by atoms with Crippen LogP contribution in [0.1, 0.15) is 49.3 Å². The van der Waals surface area contributed by atoms with Crippen LogP contribution in [0.25, 0.3) is 0 Å². The van der Waals surface area contributed by atoms with Crippen LogP contribution in [0.2, 0.25) is 0 Å². The molecule has 112 valence electrons. The van der Waals surface area contributed by atoms with E-state index in [2.05, 4.69) is 41.4 Å². The zero-order valence-corrected chi connectivity index (χ0v) is 12.8. The van der Waals surface area contributed by atoms with Gasteiger partial charge in [0.25, 0.3) is 0 Å². The summed E-state index contributed by atoms with van der Waals surface area (Å²) in [6.07, 6.45) is 3.86. The van der Waals surface area contributed by atoms with Gasteiger partial charge in [0.1, 0.15) is 18.7 Å². The van der Waals surface area contributed by atoms with E-state index in [-0.39, 0.29) is 0 Å². The number of aromatic nitrogens is 3. The van der Waals surface area contributed by atoms with Gasteiger partial charge in [-0.15, -0.1) is 0 Å². The van der Waals surface area contributed by atoms with Crippen molar-refractivity contribution in [1.29, 1.82) is 0 Å². The molecule has 1 atom stereocenters. The number of ether oxygens (including phenoxy) is 1. The second kappa shape index (κ2) is 5.85. The molecule has 1 N–H and O–H groups in total. The van der Waals surface area contributed by atoms with Crippen molar-refractivity contribution >= 4 is 0 Å². The normalized spacial score (nSPS) is 17.2. The van der Waals surface area contributed by atoms with E-state index in [4.69, 9.17) is 4.74 Å². The molecule has 0 saturated carbocycles. The molecular formula is C16H22N4O. The van der Waals surface area contributed by atoms with Crippen molar-refractivity contribution < 1.29 is 4.74 Å². The van der Waals surface area contributed by atoms with Crippen molar-refractivity contribution in [3.05, 3.63) is 41.5 Å². The SMILES string of the molecule is CNC1CCc2cc(OCc3ncnn3C(C)C)ccc21. The average molecular weight is 286 g/mol. The maximum atomic E-state index is 5.89. The quantitative estimate of drug-likeness (QED) is 0.918. The Morgan fingerprint density at radius 3 is 3.05 bits per heavy atom. The molecule has 1 heterocycles. The number of benzene rings is 1. The van der Waals surface area contributed by atoms with Gasteiger partial charge in [0.2, 0.25) is 0 Å². The van der Waals surface area contributed by atoms with Crippen LogP contribution < -0.4 is 10.1 Å². The molecule has 0 fully saturated rings. The van der Waals surface area contributed by atoms with E-state index in [1.165, 1.54) is 11.1 Å². The van der Waals surface area contributed by atoms with Crippen molar-refractivity contribution in [2.24, 2.45) is 0 Å². The summed E-state index contributed by atoms with van der Waals surface area (Å²) in [7, 11) is 2.02. The highest BCUT2D eigenvalue weighted by molar-refractivity contribution is 5.40. The fourth-order valence-electron chi connectivity index (χ4n) is 2.94. The van der Waals surface area contributed by atoms with Crippen LogP contribution in [-0.4, -0.2) is 21.8 Å². The first kappa shape index (κ1) is 14.1. The fraction of sp³-hybridized carbons (Fsp3) is 0.500. The van der Waals surface area contributed by atoms with Gasteiger partial charge in [-0.25, -0.2) is 9.67 Å². The van der Waals surface area contributed by atoms with Gasteiger partial charge in [0.05, 0.1) is 0 Å². The molecule has 2 aromatic rings. The number of hydrogen-bond donors (Lipinski definition) is 1. The molecular weight excluding hydrogens is 264 g/mol. The topological polar surface area (TPSA) is 52.0 Å². The Labute approximate surface area is 125 Å². The Morgan fingerprint density at radius 1 is 1.43 bits per heavy atom. The lowest BCUT2D eigenvalue weighted by Crippen LogP contribution is -2.12. The molecule has 3 rings (SSSR count). The first-order chi connectivity index (χ1) is 10.2. The smallest absolute Gasteiger partial charge is 0.165 e. The minimum absolute atomic E-state index is 0.294. The Balaban J connectivity index is 1.70. The summed E-state index contributed by atoms with van der Waals surface area (Å²) in [4.78, 5) is 4.27. The van der Waals surface area contributed by atoms with E-state index in [0.717, 1.165) is 24.4 Å². The Bertz CT molecular complexity index is 620. The van der Waals surface area contributed by atoms with Gasteiger partial charge in [-0.2, -0.15) is 5.10 Å². The summed E-state index contributed by atoms with van der Waals surface area (Å²) in [6, 6.07) is 7.15. The highest BCUT2D eigenvalue weighted by Crippen LogP contribution is 2.33. The molecule has 5 nitrogen and oxygen atoms in total. The molecule has 1 unspecified atom stereocenters. The molecule has 1 aliphatic rings. The summed E-state index contributed by atoms with van der Waals surface area (Å²) in [5.74, 6) is 1.77. The van der Waals surface area contributed by atoms with E-state index in [1.54, 1.807) is 6.33 Å². The predicted octanol–water partition coefficient (Wildman–Crippen LogP) is 2.64. The van der Waals surface area contributed by atoms with E-state index in [0.29, 0.717) is 18.7 Å². The first-order valence-electron chi connectivity index (χ1n) is 7.50.